The molecule has 3 nitrogen and oxygen atoms in total. The summed E-state index contributed by atoms with van der Waals surface area (Å²) in [5.41, 5.74) is 10.4. The van der Waals surface area contributed by atoms with Crippen LogP contribution in [0.25, 0.3) is 5.65 Å². The van der Waals surface area contributed by atoms with Crippen molar-refractivity contribution >= 4 is 5.65 Å². The fraction of sp³-hybridized carbons (Fsp3) is 0.462. The zero-order valence-corrected chi connectivity index (χ0v) is 10.4. The number of nitrogens with two attached hydrogens (primary N) is 1. The molecule has 0 fully saturated rings. The highest BCUT2D eigenvalue weighted by Gasteiger charge is 2.19. The number of nitrogens with zero attached hydrogens (tertiary/aromatic N) is 2. The van der Waals surface area contributed by atoms with E-state index in [1.54, 1.807) is 0 Å². The van der Waals surface area contributed by atoms with E-state index in [0.717, 1.165) is 11.3 Å². The van der Waals surface area contributed by atoms with Crippen LogP contribution < -0.4 is 5.73 Å². The Kier molecular flexibility index (Phi) is 2.50. The Morgan fingerprint density at radius 2 is 2.00 bits per heavy atom. The van der Waals surface area contributed by atoms with Gasteiger partial charge in [-0.3, -0.25) is 4.40 Å². The van der Waals surface area contributed by atoms with Crippen molar-refractivity contribution in [3.05, 3.63) is 35.3 Å². The topological polar surface area (TPSA) is 43.3 Å². The lowest BCUT2D eigenvalue weighted by atomic mass is 9.87. The van der Waals surface area contributed by atoms with E-state index >= 15 is 0 Å². The molecule has 16 heavy (non-hydrogen) atoms. The minimum atomic E-state index is 0.103. The van der Waals surface area contributed by atoms with Crippen molar-refractivity contribution < 1.29 is 0 Å². The molecule has 0 atom stereocenters. The fourth-order valence-electron chi connectivity index (χ4n) is 2.05. The van der Waals surface area contributed by atoms with Crippen LogP contribution in [0.1, 0.15) is 37.7 Å². The molecule has 3 heteroatoms. The quantitative estimate of drug-likeness (QED) is 0.797. The van der Waals surface area contributed by atoms with Crippen LogP contribution in [-0.2, 0) is 12.0 Å². The van der Waals surface area contributed by atoms with Crippen LogP contribution >= 0.6 is 0 Å². The smallest absolute Gasteiger partial charge is 0.140 e. The van der Waals surface area contributed by atoms with Gasteiger partial charge >= 0.3 is 0 Å². The van der Waals surface area contributed by atoms with Gasteiger partial charge in [-0.1, -0.05) is 26.8 Å². The minimum absolute atomic E-state index is 0.103. The van der Waals surface area contributed by atoms with E-state index in [-0.39, 0.29) is 5.41 Å². The molecule has 0 aromatic carbocycles. The lowest BCUT2D eigenvalue weighted by Gasteiger charge is -2.20. The molecule has 0 aliphatic carbocycles. The fourth-order valence-corrected chi connectivity index (χ4v) is 2.05. The molecule has 2 heterocycles. The summed E-state index contributed by atoms with van der Waals surface area (Å²) in [6.07, 6.45) is 1.87. The van der Waals surface area contributed by atoms with Crippen LogP contribution in [0.2, 0.25) is 0 Å². The molecule has 0 aliphatic rings. The molecule has 86 valence electrons. The van der Waals surface area contributed by atoms with E-state index in [1.807, 2.05) is 6.20 Å². The van der Waals surface area contributed by atoms with E-state index in [9.17, 15) is 0 Å². The Balaban J connectivity index is 2.81. The van der Waals surface area contributed by atoms with Gasteiger partial charge in [-0.25, -0.2) is 4.98 Å². The second kappa shape index (κ2) is 3.59. The summed E-state index contributed by atoms with van der Waals surface area (Å²) in [5, 5.41) is 0. The Hall–Kier alpha value is -1.35. The average molecular weight is 217 g/mol. The zero-order valence-electron chi connectivity index (χ0n) is 10.4. The minimum Gasteiger partial charge on any atom is -0.325 e. The predicted octanol–water partition coefficient (Wildman–Crippen LogP) is 2.40. The average Bonchev–Trinajstić information content (AvgIpc) is 2.60. The number of hydrogen-bond acceptors (Lipinski definition) is 2. The van der Waals surface area contributed by atoms with Gasteiger partial charge in [0.15, 0.2) is 0 Å². The normalized spacial score (nSPS) is 12.3. The van der Waals surface area contributed by atoms with Crippen LogP contribution in [0.15, 0.2) is 18.3 Å². The van der Waals surface area contributed by atoms with Crippen molar-refractivity contribution in [2.24, 2.45) is 5.73 Å². The Labute approximate surface area is 96.3 Å². The lowest BCUT2D eigenvalue weighted by molar-refractivity contribution is 0.591. The van der Waals surface area contributed by atoms with Gasteiger partial charge in [0.25, 0.3) is 0 Å². The molecule has 0 bridgehead atoms. The van der Waals surface area contributed by atoms with E-state index in [1.165, 1.54) is 11.3 Å². The molecule has 0 unspecified atom stereocenters. The Bertz CT molecular complexity index is 518. The van der Waals surface area contributed by atoms with Gasteiger partial charge in [-0.2, -0.15) is 0 Å². The van der Waals surface area contributed by atoms with Crippen LogP contribution in [0.3, 0.4) is 0 Å². The van der Waals surface area contributed by atoms with Crippen LogP contribution in [-0.4, -0.2) is 9.38 Å². The summed E-state index contributed by atoms with van der Waals surface area (Å²) in [5.74, 6) is 0. The number of rotatable bonds is 1. The Morgan fingerprint density at radius 1 is 1.31 bits per heavy atom. The number of pyridine rings is 1. The summed E-state index contributed by atoms with van der Waals surface area (Å²) in [6, 6.07) is 4.30. The molecule has 0 radical (unpaired) electrons. The first-order chi connectivity index (χ1) is 7.45. The van der Waals surface area contributed by atoms with Crippen molar-refractivity contribution in [2.75, 3.05) is 0 Å². The summed E-state index contributed by atoms with van der Waals surface area (Å²) in [4.78, 5) is 4.50. The number of hydrogen-bond donors (Lipinski definition) is 1. The molecule has 0 amide bonds. The van der Waals surface area contributed by atoms with Crippen LogP contribution in [0.4, 0.5) is 0 Å². The van der Waals surface area contributed by atoms with Gasteiger partial charge in [-0.15, -0.1) is 0 Å². The molecule has 2 rings (SSSR count). The van der Waals surface area contributed by atoms with Crippen LogP contribution in [0.5, 0.6) is 0 Å². The molecule has 2 aromatic rings. The maximum absolute atomic E-state index is 5.73. The number of fused-ring (bicyclic) bond motifs is 1. The van der Waals surface area contributed by atoms with Crippen molar-refractivity contribution in [3.63, 3.8) is 0 Å². The first-order valence-electron chi connectivity index (χ1n) is 5.61. The molecular weight excluding hydrogens is 198 g/mol. The predicted molar refractivity (Wildman–Crippen MR) is 66.5 cm³/mol. The van der Waals surface area contributed by atoms with Gasteiger partial charge in [0.05, 0.1) is 11.9 Å². The number of aryl methyl sites for hydroxylation is 1. The largest absolute Gasteiger partial charge is 0.325 e. The second-order valence-electron chi connectivity index (χ2n) is 5.25. The number of aromatic nitrogens is 2. The van der Waals surface area contributed by atoms with Gasteiger partial charge < -0.3 is 5.73 Å². The Morgan fingerprint density at radius 3 is 2.56 bits per heavy atom. The van der Waals surface area contributed by atoms with Gasteiger partial charge in [-0.05, 0) is 18.4 Å². The second-order valence-corrected chi connectivity index (χ2v) is 5.25. The summed E-state index contributed by atoms with van der Waals surface area (Å²) in [6.45, 7) is 9.22. The van der Waals surface area contributed by atoms with Gasteiger partial charge in [0.1, 0.15) is 5.65 Å². The molecule has 0 saturated carbocycles. The van der Waals surface area contributed by atoms with E-state index in [4.69, 9.17) is 5.73 Å². The molecule has 0 spiro atoms. The highest BCUT2D eigenvalue weighted by atomic mass is 15.0. The highest BCUT2D eigenvalue weighted by molar-refractivity contribution is 5.53. The first-order valence-corrected chi connectivity index (χ1v) is 5.61. The third-order valence-corrected chi connectivity index (χ3v) is 2.94. The van der Waals surface area contributed by atoms with Crippen LogP contribution in [0, 0.1) is 6.92 Å². The third-order valence-electron chi connectivity index (χ3n) is 2.94. The van der Waals surface area contributed by atoms with Crippen molar-refractivity contribution in [1.82, 2.24) is 9.38 Å². The molecule has 0 aliphatic heterocycles. The number of imidazole rings is 1. The molecule has 2 aromatic heterocycles. The standard InChI is InChI=1S/C13H19N3/c1-9-5-6-11(13(2,3)4)12-15-8-10(7-14)16(9)12/h5-6,8H,7,14H2,1-4H3. The van der Waals surface area contributed by atoms with Crippen molar-refractivity contribution in [3.8, 4) is 0 Å². The summed E-state index contributed by atoms with van der Waals surface area (Å²) in [7, 11) is 0. The zero-order chi connectivity index (χ0) is 11.9. The van der Waals surface area contributed by atoms with Gasteiger partial charge in [0, 0.05) is 17.8 Å². The monoisotopic (exact) mass is 217 g/mol. The summed E-state index contributed by atoms with van der Waals surface area (Å²) >= 11 is 0. The highest BCUT2D eigenvalue weighted by Crippen LogP contribution is 2.27. The van der Waals surface area contributed by atoms with E-state index in [2.05, 4.69) is 49.2 Å². The molecule has 2 N–H and O–H groups in total. The van der Waals surface area contributed by atoms with Gasteiger partial charge in [0.2, 0.25) is 0 Å². The SMILES string of the molecule is Cc1ccc(C(C)(C)C)c2ncc(CN)n12. The maximum Gasteiger partial charge on any atom is 0.140 e. The lowest BCUT2D eigenvalue weighted by Crippen LogP contribution is -2.14. The maximum atomic E-state index is 5.73. The van der Waals surface area contributed by atoms with E-state index in [0.29, 0.717) is 6.54 Å². The third kappa shape index (κ3) is 1.61. The molecular formula is C13H19N3. The van der Waals surface area contributed by atoms with E-state index < -0.39 is 0 Å². The first kappa shape index (κ1) is 11.1. The van der Waals surface area contributed by atoms with Crippen molar-refractivity contribution in [1.29, 1.82) is 0 Å². The van der Waals surface area contributed by atoms with Crippen molar-refractivity contribution in [2.45, 2.75) is 39.7 Å². The molecule has 0 saturated heterocycles. The summed E-state index contributed by atoms with van der Waals surface area (Å²) < 4.78 is 2.15.